The maximum Gasteiger partial charge on any atom is 0.339 e. The summed E-state index contributed by atoms with van der Waals surface area (Å²) < 4.78 is 5.55. The molecule has 0 unspecified atom stereocenters. The van der Waals surface area contributed by atoms with Crippen LogP contribution in [-0.4, -0.2) is 34.4 Å². The van der Waals surface area contributed by atoms with Gasteiger partial charge in [-0.25, -0.2) is 4.79 Å². The monoisotopic (exact) mass is 273 g/mol. The number of benzene rings is 1. The van der Waals surface area contributed by atoms with Crippen molar-refractivity contribution in [3.05, 3.63) is 47.7 Å². The minimum Gasteiger partial charge on any atom is -0.492 e. The normalized spacial score (nSPS) is 10.1. The highest BCUT2D eigenvalue weighted by molar-refractivity contribution is 5.92. The molecule has 0 spiro atoms. The third kappa shape index (κ3) is 3.68. The summed E-state index contributed by atoms with van der Waals surface area (Å²) in [5.74, 6) is -0.0146. The lowest BCUT2D eigenvalue weighted by Gasteiger charge is -2.09. The summed E-state index contributed by atoms with van der Waals surface area (Å²) in [6.07, 6.45) is 1.35. The molecule has 6 heteroatoms. The fourth-order valence-corrected chi connectivity index (χ4v) is 1.68. The minimum atomic E-state index is -1.04. The first-order valence-electron chi connectivity index (χ1n) is 6.15. The topological polar surface area (TPSA) is 84.3 Å². The number of aromatic carboxylic acids is 1. The van der Waals surface area contributed by atoms with Crippen LogP contribution in [0.15, 0.2) is 36.5 Å². The molecule has 0 aliphatic rings. The van der Waals surface area contributed by atoms with Gasteiger partial charge in [0.05, 0.1) is 12.7 Å². The molecule has 0 radical (unpaired) electrons. The Kier molecular flexibility index (Phi) is 4.49. The second-order valence-electron chi connectivity index (χ2n) is 4.19. The SMILES string of the molecule is Cc1cccc(OCCNc2nnccc2C(=O)O)c1. The third-order valence-electron chi connectivity index (χ3n) is 2.60. The molecule has 0 amide bonds. The Morgan fingerprint density at radius 2 is 2.25 bits per heavy atom. The molecule has 2 rings (SSSR count). The van der Waals surface area contributed by atoms with Crippen LogP contribution >= 0.6 is 0 Å². The van der Waals surface area contributed by atoms with E-state index in [1.165, 1.54) is 12.3 Å². The van der Waals surface area contributed by atoms with Crippen LogP contribution in [-0.2, 0) is 0 Å². The number of carboxylic acids is 1. The van der Waals surface area contributed by atoms with Crippen LogP contribution in [0, 0.1) is 6.92 Å². The van der Waals surface area contributed by atoms with Gasteiger partial charge in [-0.1, -0.05) is 12.1 Å². The lowest BCUT2D eigenvalue weighted by Crippen LogP contribution is -2.15. The van der Waals surface area contributed by atoms with Crippen molar-refractivity contribution in [3.63, 3.8) is 0 Å². The second-order valence-corrected chi connectivity index (χ2v) is 4.19. The first-order valence-corrected chi connectivity index (χ1v) is 6.15. The number of rotatable bonds is 6. The largest absolute Gasteiger partial charge is 0.492 e. The van der Waals surface area contributed by atoms with Gasteiger partial charge in [0, 0.05) is 0 Å². The van der Waals surface area contributed by atoms with E-state index < -0.39 is 5.97 Å². The van der Waals surface area contributed by atoms with Gasteiger partial charge in [0.25, 0.3) is 0 Å². The number of aromatic nitrogens is 2. The maximum atomic E-state index is 11.0. The van der Waals surface area contributed by atoms with Crippen molar-refractivity contribution < 1.29 is 14.6 Å². The zero-order valence-electron chi connectivity index (χ0n) is 11.0. The van der Waals surface area contributed by atoms with Gasteiger partial charge < -0.3 is 15.2 Å². The molecule has 0 saturated heterocycles. The number of hydrogen-bond donors (Lipinski definition) is 2. The molecule has 6 nitrogen and oxygen atoms in total. The fourth-order valence-electron chi connectivity index (χ4n) is 1.68. The average Bonchev–Trinajstić information content (AvgIpc) is 2.44. The predicted octanol–water partition coefficient (Wildman–Crippen LogP) is 1.97. The van der Waals surface area contributed by atoms with Gasteiger partial charge in [-0.05, 0) is 30.7 Å². The van der Waals surface area contributed by atoms with Crippen LogP contribution in [0.2, 0.25) is 0 Å². The number of ether oxygens (including phenoxy) is 1. The van der Waals surface area contributed by atoms with Crippen molar-refractivity contribution in [2.24, 2.45) is 0 Å². The molecule has 0 aliphatic heterocycles. The van der Waals surface area contributed by atoms with E-state index in [2.05, 4.69) is 15.5 Å². The zero-order valence-corrected chi connectivity index (χ0v) is 11.0. The molecule has 1 aromatic heterocycles. The van der Waals surface area contributed by atoms with Crippen molar-refractivity contribution >= 4 is 11.8 Å². The highest BCUT2D eigenvalue weighted by Crippen LogP contribution is 2.12. The van der Waals surface area contributed by atoms with E-state index in [1.807, 2.05) is 31.2 Å². The maximum absolute atomic E-state index is 11.0. The summed E-state index contributed by atoms with van der Waals surface area (Å²) >= 11 is 0. The standard InChI is InChI=1S/C14H15N3O3/c1-10-3-2-4-11(9-10)20-8-7-15-13-12(14(18)19)5-6-16-17-13/h2-6,9H,7-8H2,1H3,(H,15,17)(H,18,19). The number of carboxylic acid groups (broad SMARTS) is 1. The Bertz CT molecular complexity index is 602. The highest BCUT2D eigenvalue weighted by atomic mass is 16.5. The van der Waals surface area contributed by atoms with E-state index in [0.717, 1.165) is 11.3 Å². The first-order chi connectivity index (χ1) is 9.66. The molecular weight excluding hydrogens is 258 g/mol. The van der Waals surface area contributed by atoms with Gasteiger partial charge in [-0.3, -0.25) is 0 Å². The molecule has 0 bridgehead atoms. The van der Waals surface area contributed by atoms with Gasteiger partial charge in [0.2, 0.25) is 0 Å². The molecule has 0 atom stereocenters. The van der Waals surface area contributed by atoms with Gasteiger partial charge >= 0.3 is 5.97 Å². The van der Waals surface area contributed by atoms with Crippen molar-refractivity contribution in [2.75, 3.05) is 18.5 Å². The molecule has 0 fully saturated rings. The van der Waals surface area contributed by atoms with E-state index in [0.29, 0.717) is 13.2 Å². The van der Waals surface area contributed by atoms with E-state index in [-0.39, 0.29) is 11.4 Å². The summed E-state index contributed by atoms with van der Waals surface area (Å²) in [7, 11) is 0. The van der Waals surface area contributed by atoms with Crippen molar-refractivity contribution in [3.8, 4) is 5.75 Å². The van der Waals surface area contributed by atoms with Crippen molar-refractivity contribution in [1.29, 1.82) is 0 Å². The summed E-state index contributed by atoms with van der Waals surface area (Å²) in [6, 6.07) is 9.12. The quantitative estimate of drug-likeness (QED) is 0.783. The number of aryl methyl sites for hydroxylation is 1. The predicted molar refractivity (Wildman–Crippen MR) is 74.2 cm³/mol. The summed E-state index contributed by atoms with van der Waals surface area (Å²) in [6.45, 7) is 2.83. The second kappa shape index (κ2) is 6.51. The van der Waals surface area contributed by atoms with E-state index in [1.54, 1.807) is 0 Å². The van der Waals surface area contributed by atoms with Crippen LogP contribution in [0.5, 0.6) is 5.75 Å². The summed E-state index contributed by atoms with van der Waals surface area (Å²) in [5, 5.41) is 19.3. The van der Waals surface area contributed by atoms with Crippen LogP contribution in [0.4, 0.5) is 5.82 Å². The molecule has 2 aromatic rings. The number of nitrogens with zero attached hydrogens (tertiary/aromatic N) is 2. The molecule has 104 valence electrons. The molecule has 0 aliphatic carbocycles. The van der Waals surface area contributed by atoms with E-state index in [4.69, 9.17) is 9.84 Å². The van der Waals surface area contributed by atoms with Crippen molar-refractivity contribution in [2.45, 2.75) is 6.92 Å². The van der Waals surface area contributed by atoms with Gasteiger partial charge in [-0.2, -0.15) is 5.10 Å². The summed E-state index contributed by atoms with van der Waals surface area (Å²) in [5.41, 5.74) is 1.22. The van der Waals surface area contributed by atoms with Gasteiger partial charge in [0.15, 0.2) is 5.82 Å². The van der Waals surface area contributed by atoms with Crippen LogP contribution < -0.4 is 10.1 Å². The third-order valence-corrected chi connectivity index (χ3v) is 2.60. The zero-order chi connectivity index (χ0) is 14.4. The number of hydrogen-bond acceptors (Lipinski definition) is 5. The van der Waals surface area contributed by atoms with E-state index in [9.17, 15) is 4.79 Å². The average molecular weight is 273 g/mol. The highest BCUT2D eigenvalue weighted by Gasteiger charge is 2.10. The van der Waals surface area contributed by atoms with E-state index >= 15 is 0 Å². The Labute approximate surface area is 116 Å². The molecular formula is C14H15N3O3. The van der Waals surface area contributed by atoms with Gasteiger partial charge in [-0.15, -0.1) is 5.10 Å². The van der Waals surface area contributed by atoms with Gasteiger partial charge in [0.1, 0.15) is 17.9 Å². The Morgan fingerprint density at radius 1 is 1.40 bits per heavy atom. The lowest BCUT2D eigenvalue weighted by atomic mass is 10.2. The molecule has 20 heavy (non-hydrogen) atoms. The summed E-state index contributed by atoms with van der Waals surface area (Å²) in [4.78, 5) is 11.0. The van der Waals surface area contributed by atoms with Crippen molar-refractivity contribution in [1.82, 2.24) is 10.2 Å². The first kappa shape index (κ1) is 13.8. The smallest absolute Gasteiger partial charge is 0.339 e. The van der Waals surface area contributed by atoms with Crippen LogP contribution in [0.3, 0.4) is 0 Å². The Morgan fingerprint density at radius 3 is 3.00 bits per heavy atom. The molecule has 0 saturated carbocycles. The number of carbonyl (C=O) groups is 1. The van der Waals surface area contributed by atoms with Crippen LogP contribution in [0.1, 0.15) is 15.9 Å². The molecule has 1 aromatic carbocycles. The number of nitrogens with one attached hydrogen (secondary N) is 1. The Hall–Kier alpha value is -2.63. The molecule has 2 N–H and O–H groups in total. The lowest BCUT2D eigenvalue weighted by molar-refractivity contribution is 0.0697. The number of anilines is 1. The molecule has 1 heterocycles. The minimum absolute atomic E-state index is 0.0931. The van der Waals surface area contributed by atoms with Crippen LogP contribution in [0.25, 0.3) is 0 Å². The Balaban J connectivity index is 1.86. The fraction of sp³-hybridized carbons (Fsp3) is 0.214.